The van der Waals surface area contributed by atoms with E-state index < -0.39 is 0 Å². The Morgan fingerprint density at radius 3 is 2.35 bits per heavy atom. The lowest BCUT2D eigenvalue weighted by atomic mass is 10.2. The van der Waals surface area contributed by atoms with Gasteiger partial charge in [-0.2, -0.15) is 4.57 Å². The third-order valence-electron chi connectivity index (χ3n) is 2.95. The van der Waals surface area contributed by atoms with Gasteiger partial charge in [0.2, 0.25) is 5.51 Å². The number of nitrogens with zero attached hydrogens (tertiary/aromatic N) is 3. The molecular weight excluding hydrogens is 340 g/mol. The first-order valence-electron chi connectivity index (χ1n) is 6.90. The maximum Gasteiger partial charge on any atom is 0.225 e. The smallest absolute Gasteiger partial charge is 0.225 e. The van der Waals surface area contributed by atoms with E-state index in [9.17, 15) is 0 Å². The molecule has 0 saturated carbocycles. The van der Waals surface area contributed by atoms with E-state index in [4.69, 9.17) is 21.1 Å². The number of hydrogen-bond acceptors (Lipinski definition) is 7. The van der Waals surface area contributed by atoms with Crippen LogP contribution >= 0.6 is 11.3 Å². The molecule has 2 heterocycles. The van der Waals surface area contributed by atoms with E-state index in [0.717, 1.165) is 11.3 Å². The fraction of sp³-hybridized carbons (Fsp3) is 0.500. The molecule has 2 aromatic heterocycles. The van der Waals surface area contributed by atoms with Gasteiger partial charge in [-0.25, -0.2) is 9.97 Å². The van der Waals surface area contributed by atoms with Crippen molar-refractivity contribution < 1.29 is 32.3 Å². The number of anilines is 1. The Morgan fingerprint density at radius 2 is 1.83 bits per heavy atom. The molecule has 23 heavy (non-hydrogen) atoms. The number of nitrogens with two attached hydrogens (primary N) is 1. The van der Waals surface area contributed by atoms with Crippen LogP contribution in [-0.2, 0) is 13.0 Å². The number of thiazole rings is 1. The first-order chi connectivity index (χ1) is 10.5. The largest absolute Gasteiger partial charge is 1.00 e. The Kier molecular flexibility index (Phi) is 10.6. The average molecular weight is 363 g/mol. The first-order valence-corrected chi connectivity index (χ1v) is 7.78. The molecule has 130 valence electrons. The Hall–Kier alpha value is -1.32. The van der Waals surface area contributed by atoms with Gasteiger partial charge in [-0.1, -0.05) is 11.3 Å². The minimum absolute atomic E-state index is 0. The van der Waals surface area contributed by atoms with Crippen LogP contribution in [0, 0.1) is 13.8 Å². The minimum atomic E-state index is -0.125. The summed E-state index contributed by atoms with van der Waals surface area (Å²) in [7, 11) is 0. The summed E-state index contributed by atoms with van der Waals surface area (Å²) in [6.07, 6.45) is 2.47. The lowest BCUT2D eigenvalue weighted by molar-refractivity contribution is -0.689. The van der Waals surface area contributed by atoms with Crippen LogP contribution in [0.2, 0.25) is 0 Å². The SMILES string of the molecule is Cc1ncc(C[n+]2csc(CCO)c2C)c(N)n1.OCCO.[Cl-]. The summed E-state index contributed by atoms with van der Waals surface area (Å²) >= 11 is 1.65. The molecule has 2 rings (SSSR count). The van der Waals surface area contributed by atoms with E-state index in [0.29, 0.717) is 24.6 Å². The fourth-order valence-electron chi connectivity index (χ4n) is 1.77. The van der Waals surface area contributed by atoms with Gasteiger partial charge in [0.15, 0.2) is 12.2 Å². The molecule has 0 unspecified atom stereocenters. The summed E-state index contributed by atoms with van der Waals surface area (Å²) in [6, 6.07) is 0. The van der Waals surface area contributed by atoms with E-state index in [1.807, 2.05) is 19.4 Å². The molecule has 0 bridgehead atoms. The molecule has 0 aliphatic heterocycles. The van der Waals surface area contributed by atoms with E-state index in [1.54, 1.807) is 17.5 Å². The molecule has 0 radical (unpaired) electrons. The van der Waals surface area contributed by atoms with Crippen molar-refractivity contribution in [3.63, 3.8) is 0 Å². The van der Waals surface area contributed by atoms with Crippen LogP contribution < -0.4 is 22.7 Å². The van der Waals surface area contributed by atoms with Gasteiger partial charge >= 0.3 is 0 Å². The monoisotopic (exact) mass is 362 g/mol. The third kappa shape index (κ3) is 6.76. The molecular formula is C14H23ClN4O3S. The maximum absolute atomic E-state index is 8.98. The summed E-state index contributed by atoms with van der Waals surface area (Å²) in [5.41, 5.74) is 10.0. The van der Waals surface area contributed by atoms with Crippen LogP contribution in [0.25, 0.3) is 0 Å². The van der Waals surface area contributed by atoms with Gasteiger partial charge in [0, 0.05) is 26.1 Å². The van der Waals surface area contributed by atoms with Crippen molar-refractivity contribution in [2.75, 3.05) is 25.6 Å². The van der Waals surface area contributed by atoms with Crippen molar-refractivity contribution in [2.45, 2.75) is 26.8 Å². The summed E-state index contributed by atoms with van der Waals surface area (Å²) < 4.78 is 2.11. The number of aliphatic hydroxyl groups excluding tert-OH is 3. The lowest BCUT2D eigenvalue weighted by Gasteiger charge is -2.01. The molecule has 0 atom stereocenters. The van der Waals surface area contributed by atoms with Crippen molar-refractivity contribution in [1.29, 1.82) is 0 Å². The van der Waals surface area contributed by atoms with Gasteiger partial charge in [-0.3, -0.25) is 0 Å². The van der Waals surface area contributed by atoms with Crippen LogP contribution in [-0.4, -0.2) is 45.1 Å². The van der Waals surface area contributed by atoms with E-state index >= 15 is 0 Å². The Morgan fingerprint density at radius 1 is 1.17 bits per heavy atom. The maximum atomic E-state index is 8.98. The molecule has 0 fully saturated rings. The standard InChI is InChI=1S/C12H17N4OS.C2H6O2.ClH/c1-8-11(3-4-17)18-7-16(8)6-10-5-14-9(2)15-12(10)13;3-1-2-4;/h5,7,17H,3-4,6H2,1-2H3,(H2,13,14,15);3-4H,1-2H2;1H/q+1;;/p-1. The lowest BCUT2D eigenvalue weighted by Crippen LogP contribution is -3.00. The second kappa shape index (κ2) is 11.3. The van der Waals surface area contributed by atoms with E-state index in [1.165, 1.54) is 4.88 Å². The van der Waals surface area contributed by atoms with Crippen LogP contribution in [0.4, 0.5) is 5.82 Å². The Bertz CT molecular complexity index is 593. The highest BCUT2D eigenvalue weighted by Crippen LogP contribution is 2.13. The number of hydrogen-bond donors (Lipinski definition) is 4. The Balaban J connectivity index is 0.000000871. The zero-order valence-corrected chi connectivity index (χ0v) is 14.8. The summed E-state index contributed by atoms with van der Waals surface area (Å²) in [5, 5.41) is 24.2. The van der Waals surface area contributed by atoms with E-state index in [-0.39, 0.29) is 32.2 Å². The number of nitrogen functional groups attached to an aromatic ring is 1. The highest BCUT2D eigenvalue weighted by molar-refractivity contribution is 7.09. The molecule has 9 heteroatoms. The van der Waals surface area contributed by atoms with Crippen molar-refractivity contribution in [1.82, 2.24) is 9.97 Å². The highest BCUT2D eigenvalue weighted by atomic mass is 35.5. The summed E-state index contributed by atoms with van der Waals surface area (Å²) in [6.45, 7) is 4.46. The van der Waals surface area contributed by atoms with Crippen LogP contribution in [0.1, 0.15) is 22.0 Å². The zero-order chi connectivity index (χ0) is 16.5. The molecule has 7 nitrogen and oxygen atoms in total. The zero-order valence-electron chi connectivity index (χ0n) is 13.2. The molecule has 0 aromatic carbocycles. The average Bonchev–Trinajstić information content (AvgIpc) is 2.84. The molecule has 0 amide bonds. The van der Waals surface area contributed by atoms with Gasteiger partial charge in [-0.15, -0.1) is 0 Å². The van der Waals surface area contributed by atoms with Crippen molar-refractivity contribution >= 4 is 17.2 Å². The van der Waals surface area contributed by atoms with Gasteiger partial charge < -0.3 is 33.5 Å². The predicted molar refractivity (Wildman–Crippen MR) is 84.5 cm³/mol. The normalized spacial score (nSPS) is 9.78. The number of halogens is 1. The third-order valence-corrected chi connectivity index (χ3v) is 4.10. The van der Waals surface area contributed by atoms with Crippen molar-refractivity contribution in [3.8, 4) is 0 Å². The minimum Gasteiger partial charge on any atom is -1.00 e. The molecule has 0 aliphatic rings. The van der Waals surface area contributed by atoms with Crippen LogP contribution in [0.15, 0.2) is 11.7 Å². The van der Waals surface area contributed by atoms with Crippen LogP contribution in [0.3, 0.4) is 0 Å². The predicted octanol–water partition coefficient (Wildman–Crippen LogP) is -3.42. The molecule has 0 spiro atoms. The number of aryl methyl sites for hydroxylation is 1. The number of aromatic nitrogens is 3. The van der Waals surface area contributed by atoms with Gasteiger partial charge in [-0.05, 0) is 6.92 Å². The summed E-state index contributed by atoms with van der Waals surface area (Å²) in [5.74, 6) is 1.22. The van der Waals surface area contributed by atoms with E-state index in [2.05, 4.69) is 14.5 Å². The number of rotatable bonds is 5. The van der Waals surface area contributed by atoms with Gasteiger partial charge in [0.1, 0.15) is 11.6 Å². The van der Waals surface area contributed by atoms with Crippen LogP contribution in [0.5, 0.6) is 0 Å². The van der Waals surface area contributed by atoms with Crippen molar-refractivity contribution in [3.05, 3.63) is 33.7 Å². The fourth-order valence-corrected chi connectivity index (χ4v) is 2.75. The highest BCUT2D eigenvalue weighted by Gasteiger charge is 2.16. The first kappa shape index (κ1) is 21.7. The molecule has 0 aliphatic carbocycles. The second-order valence-corrected chi connectivity index (χ2v) is 5.55. The van der Waals surface area contributed by atoms with Crippen molar-refractivity contribution in [2.24, 2.45) is 0 Å². The Labute approximate surface area is 145 Å². The number of aliphatic hydroxyl groups is 3. The molecule has 5 N–H and O–H groups in total. The summed E-state index contributed by atoms with van der Waals surface area (Å²) in [4.78, 5) is 9.53. The van der Waals surface area contributed by atoms with Gasteiger partial charge in [0.25, 0.3) is 0 Å². The topological polar surface area (TPSA) is 116 Å². The quantitative estimate of drug-likeness (QED) is 0.412. The molecule has 2 aromatic rings. The molecule has 0 saturated heterocycles. The van der Waals surface area contributed by atoms with Gasteiger partial charge in [0.05, 0.1) is 23.7 Å². The second-order valence-electron chi connectivity index (χ2n) is 4.61.